The van der Waals surface area contributed by atoms with E-state index < -0.39 is 0 Å². The number of aromatic hydroxyl groups is 1. The van der Waals surface area contributed by atoms with Gasteiger partial charge in [0, 0.05) is 28.7 Å². The molecule has 0 amide bonds. The van der Waals surface area contributed by atoms with Crippen LogP contribution in [0.4, 0.5) is 0 Å². The number of phenolic OH excluding ortho intramolecular Hbond substituents is 1. The Morgan fingerprint density at radius 2 is 1.76 bits per heavy atom. The molecule has 21 heavy (non-hydrogen) atoms. The van der Waals surface area contributed by atoms with E-state index in [-0.39, 0.29) is 0 Å². The third-order valence-electron chi connectivity index (χ3n) is 4.10. The summed E-state index contributed by atoms with van der Waals surface area (Å²) in [5, 5.41) is 10.7. The maximum Gasteiger partial charge on any atom is 0.161 e. The molecule has 1 N–H and O–H groups in total. The zero-order valence-corrected chi connectivity index (χ0v) is 11.9. The summed E-state index contributed by atoms with van der Waals surface area (Å²) in [6, 6.07) is 11.6. The lowest BCUT2D eigenvalue weighted by Gasteiger charge is -2.09. The van der Waals surface area contributed by atoms with Crippen molar-refractivity contribution in [3.05, 3.63) is 42.0 Å². The SMILES string of the molecule is COc1cc2c(cc1OC)-c1cc3cc(O)ccc3n1C2. The van der Waals surface area contributed by atoms with Crippen molar-refractivity contribution < 1.29 is 14.6 Å². The van der Waals surface area contributed by atoms with Crippen molar-refractivity contribution in [3.8, 4) is 28.5 Å². The topological polar surface area (TPSA) is 43.6 Å². The number of ether oxygens (including phenoxy) is 2. The van der Waals surface area contributed by atoms with Crippen molar-refractivity contribution in [3.63, 3.8) is 0 Å². The third kappa shape index (κ3) is 1.62. The molecule has 4 rings (SSSR count). The second-order valence-corrected chi connectivity index (χ2v) is 5.22. The third-order valence-corrected chi connectivity index (χ3v) is 4.10. The van der Waals surface area contributed by atoms with Crippen molar-refractivity contribution in [1.29, 1.82) is 0 Å². The van der Waals surface area contributed by atoms with Gasteiger partial charge in [-0.3, -0.25) is 0 Å². The summed E-state index contributed by atoms with van der Waals surface area (Å²) in [5.41, 5.74) is 4.64. The van der Waals surface area contributed by atoms with E-state index in [0.717, 1.165) is 40.2 Å². The molecule has 0 atom stereocenters. The molecule has 4 heteroatoms. The van der Waals surface area contributed by atoms with Gasteiger partial charge in [-0.2, -0.15) is 0 Å². The molecule has 0 saturated carbocycles. The number of phenols is 1. The predicted octanol–water partition coefficient (Wildman–Crippen LogP) is 3.39. The number of hydrogen-bond acceptors (Lipinski definition) is 3. The van der Waals surface area contributed by atoms with Crippen LogP contribution in [0.5, 0.6) is 17.2 Å². The largest absolute Gasteiger partial charge is 0.508 e. The van der Waals surface area contributed by atoms with Crippen molar-refractivity contribution in [2.75, 3.05) is 14.2 Å². The van der Waals surface area contributed by atoms with Crippen LogP contribution in [0.2, 0.25) is 0 Å². The number of fused-ring (bicyclic) bond motifs is 5. The molecule has 3 aromatic rings. The summed E-state index contributed by atoms with van der Waals surface area (Å²) < 4.78 is 13.0. The van der Waals surface area contributed by atoms with E-state index >= 15 is 0 Å². The van der Waals surface area contributed by atoms with Gasteiger partial charge in [0.2, 0.25) is 0 Å². The molecule has 4 nitrogen and oxygen atoms in total. The summed E-state index contributed by atoms with van der Waals surface area (Å²) in [4.78, 5) is 0. The van der Waals surface area contributed by atoms with Crippen LogP contribution in [0.1, 0.15) is 5.56 Å². The predicted molar refractivity (Wildman–Crippen MR) is 81.2 cm³/mol. The Balaban J connectivity index is 1.96. The highest BCUT2D eigenvalue weighted by Crippen LogP contribution is 2.42. The van der Waals surface area contributed by atoms with Gasteiger partial charge in [0.05, 0.1) is 14.2 Å². The molecule has 2 heterocycles. The Labute approximate surface area is 122 Å². The van der Waals surface area contributed by atoms with E-state index in [9.17, 15) is 5.11 Å². The first-order chi connectivity index (χ1) is 10.2. The highest BCUT2D eigenvalue weighted by molar-refractivity contribution is 5.91. The first-order valence-corrected chi connectivity index (χ1v) is 6.79. The summed E-state index contributed by atoms with van der Waals surface area (Å²) in [6.45, 7) is 0.805. The van der Waals surface area contributed by atoms with Crippen LogP contribution in [-0.2, 0) is 6.54 Å². The van der Waals surface area contributed by atoms with Gasteiger partial charge in [-0.15, -0.1) is 0 Å². The van der Waals surface area contributed by atoms with Crippen LogP contribution in [0.15, 0.2) is 36.4 Å². The van der Waals surface area contributed by atoms with Crippen LogP contribution < -0.4 is 9.47 Å². The second-order valence-electron chi connectivity index (χ2n) is 5.22. The fourth-order valence-electron chi connectivity index (χ4n) is 3.11. The van der Waals surface area contributed by atoms with Gasteiger partial charge in [0.25, 0.3) is 0 Å². The van der Waals surface area contributed by atoms with E-state index in [2.05, 4.69) is 10.6 Å². The Morgan fingerprint density at radius 3 is 2.52 bits per heavy atom. The van der Waals surface area contributed by atoms with Gasteiger partial charge in [0.1, 0.15) is 5.75 Å². The lowest BCUT2D eigenvalue weighted by atomic mass is 10.1. The monoisotopic (exact) mass is 281 g/mol. The first-order valence-electron chi connectivity index (χ1n) is 6.79. The van der Waals surface area contributed by atoms with Gasteiger partial charge in [-0.05, 0) is 42.0 Å². The zero-order chi connectivity index (χ0) is 14.6. The Bertz CT molecular complexity index is 864. The number of nitrogens with zero attached hydrogens (tertiary/aromatic N) is 1. The van der Waals surface area contributed by atoms with Crippen LogP contribution in [-0.4, -0.2) is 23.9 Å². The van der Waals surface area contributed by atoms with Gasteiger partial charge >= 0.3 is 0 Å². The van der Waals surface area contributed by atoms with E-state index in [1.807, 2.05) is 18.2 Å². The van der Waals surface area contributed by atoms with E-state index in [1.54, 1.807) is 26.4 Å². The minimum absolute atomic E-state index is 0.291. The van der Waals surface area contributed by atoms with Gasteiger partial charge < -0.3 is 19.1 Å². The zero-order valence-electron chi connectivity index (χ0n) is 11.9. The average Bonchev–Trinajstić information content (AvgIpc) is 3.00. The minimum atomic E-state index is 0.291. The Hall–Kier alpha value is -2.62. The molecule has 0 unspecified atom stereocenters. The van der Waals surface area contributed by atoms with Gasteiger partial charge in [-0.1, -0.05) is 0 Å². The second kappa shape index (κ2) is 4.19. The Morgan fingerprint density at radius 1 is 1.00 bits per heavy atom. The highest BCUT2D eigenvalue weighted by atomic mass is 16.5. The number of methoxy groups -OCH3 is 2. The molecule has 1 aromatic heterocycles. The number of rotatable bonds is 2. The fraction of sp³-hybridized carbons (Fsp3) is 0.176. The Kier molecular flexibility index (Phi) is 2.42. The molecular weight excluding hydrogens is 266 g/mol. The molecule has 0 aliphatic carbocycles. The molecule has 0 bridgehead atoms. The average molecular weight is 281 g/mol. The van der Waals surface area contributed by atoms with Crippen molar-refractivity contribution in [2.45, 2.75) is 6.54 Å². The molecule has 1 aliphatic rings. The first kappa shape index (κ1) is 12.1. The normalized spacial score (nSPS) is 12.3. The van der Waals surface area contributed by atoms with E-state index in [1.165, 1.54) is 5.56 Å². The molecule has 2 aromatic carbocycles. The molecule has 0 radical (unpaired) electrons. The van der Waals surface area contributed by atoms with Crippen LogP contribution in [0.3, 0.4) is 0 Å². The summed E-state index contributed by atoms with van der Waals surface area (Å²) >= 11 is 0. The molecule has 1 aliphatic heterocycles. The number of aromatic nitrogens is 1. The minimum Gasteiger partial charge on any atom is -0.508 e. The maximum atomic E-state index is 9.62. The molecular formula is C17H15NO3. The summed E-state index contributed by atoms with van der Waals surface area (Å²) in [5.74, 6) is 1.78. The fourth-order valence-corrected chi connectivity index (χ4v) is 3.11. The van der Waals surface area contributed by atoms with E-state index in [0.29, 0.717) is 5.75 Å². The van der Waals surface area contributed by atoms with Crippen LogP contribution >= 0.6 is 0 Å². The maximum absolute atomic E-state index is 9.62. The summed E-state index contributed by atoms with van der Waals surface area (Å²) in [7, 11) is 3.30. The van der Waals surface area contributed by atoms with Crippen LogP contribution in [0.25, 0.3) is 22.2 Å². The van der Waals surface area contributed by atoms with Crippen molar-refractivity contribution in [1.82, 2.24) is 4.57 Å². The summed E-state index contributed by atoms with van der Waals surface area (Å²) in [6.07, 6.45) is 0. The lowest BCUT2D eigenvalue weighted by molar-refractivity contribution is 0.355. The molecule has 0 saturated heterocycles. The van der Waals surface area contributed by atoms with Gasteiger partial charge in [0.15, 0.2) is 11.5 Å². The standard InChI is InChI=1S/C17H15NO3/c1-20-16-7-11-9-18-14-4-3-12(19)5-10(14)6-15(18)13(11)8-17(16)21-2/h3-8,19H,9H2,1-2H3. The van der Waals surface area contributed by atoms with Crippen LogP contribution in [0, 0.1) is 0 Å². The lowest BCUT2D eigenvalue weighted by Crippen LogP contribution is -1.94. The molecule has 0 spiro atoms. The van der Waals surface area contributed by atoms with Crippen molar-refractivity contribution in [2.24, 2.45) is 0 Å². The quantitative estimate of drug-likeness (QED) is 0.612. The smallest absolute Gasteiger partial charge is 0.161 e. The van der Waals surface area contributed by atoms with Gasteiger partial charge in [-0.25, -0.2) is 0 Å². The van der Waals surface area contributed by atoms with E-state index in [4.69, 9.17) is 9.47 Å². The number of benzene rings is 2. The highest BCUT2D eigenvalue weighted by Gasteiger charge is 2.23. The molecule has 0 fully saturated rings. The van der Waals surface area contributed by atoms with Crippen molar-refractivity contribution >= 4 is 10.9 Å². The molecule has 106 valence electrons. The number of hydrogen-bond donors (Lipinski definition) is 1.